The normalized spacial score (nSPS) is 15.9. The average Bonchev–Trinajstić information content (AvgIpc) is 3.03. The van der Waals surface area contributed by atoms with E-state index in [4.69, 9.17) is 16.3 Å². The number of aryl methyl sites for hydroxylation is 1. The second-order valence-electron chi connectivity index (χ2n) is 7.56. The van der Waals surface area contributed by atoms with Gasteiger partial charge in [0.2, 0.25) is 5.91 Å². The maximum absolute atomic E-state index is 12.5. The van der Waals surface area contributed by atoms with Gasteiger partial charge in [0.25, 0.3) is 0 Å². The molecule has 0 unspecified atom stereocenters. The predicted octanol–water partition coefficient (Wildman–Crippen LogP) is 4.13. The van der Waals surface area contributed by atoms with E-state index < -0.39 is 0 Å². The molecule has 2 aromatic heterocycles. The van der Waals surface area contributed by atoms with Crippen LogP contribution in [0.2, 0.25) is 5.15 Å². The van der Waals surface area contributed by atoms with Gasteiger partial charge < -0.3 is 10.1 Å². The first-order valence-electron chi connectivity index (χ1n) is 9.54. The first-order chi connectivity index (χ1) is 13.9. The number of amides is 1. The third-order valence-electron chi connectivity index (χ3n) is 4.78. The summed E-state index contributed by atoms with van der Waals surface area (Å²) < 4.78 is 7.49. The SMILES string of the molecule is Cc1nn(-c2ccc(Cl)nn2)c2c1[C@H](c1cccc(OCC(C)C)c1)CC(=O)N2. The lowest BCUT2D eigenvalue weighted by Crippen LogP contribution is -2.25. The van der Waals surface area contributed by atoms with E-state index in [9.17, 15) is 4.79 Å². The van der Waals surface area contributed by atoms with Gasteiger partial charge in [-0.3, -0.25) is 4.79 Å². The van der Waals surface area contributed by atoms with Crippen LogP contribution >= 0.6 is 11.6 Å². The molecule has 0 aliphatic carbocycles. The number of halogens is 1. The van der Waals surface area contributed by atoms with Crippen molar-refractivity contribution in [2.24, 2.45) is 5.92 Å². The topological polar surface area (TPSA) is 81.9 Å². The van der Waals surface area contributed by atoms with Crippen molar-refractivity contribution in [3.8, 4) is 11.6 Å². The number of benzene rings is 1. The number of hydrogen-bond donors (Lipinski definition) is 1. The number of anilines is 1. The van der Waals surface area contributed by atoms with Gasteiger partial charge in [-0.25, -0.2) is 0 Å². The number of hydrogen-bond acceptors (Lipinski definition) is 5. The highest BCUT2D eigenvalue weighted by molar-refractivity contribution is 6.29. The van der Waals surface area contributed by atoms with Crippen LogP contribution in [0.25, 0.3) is 5.82 Å². The molecule has 1 N–H and O–H groups in total. The molecule has 29 heavy (non-hydrogen) atoms. The second-order valence-corrected chi connectivity index (χ2v) is 7.94. The zero-order valence-electron chi connectivity index (χ0n) is 16.5. The molecule has 0 spiro atoms. The van der Waals surface area contributed by atoms with Gasteiger partial charge in [-0.05, 0) is 42.7 Å². The van der Waals surface area contributed by atoms with Gasteiger partial charge in [0.15, 0.2) is 11.0 Å². The molecule has 1 amide bonds. The van der Waals surface area contributed by atoms with Crippen molar-refractivity contribution in [3.63, 3.8) is 0 Å². The smallest absolute Gasteiger partial charge is 0.226 e. The summed E-state index contributed by atoms with van der Waals surface area (Å²) in [6.07, 6.45) is 0.347. The Morgan fingerprint density at radius 3 is 2.83 bits per heavy atom. The fourth-order valence-corrected chi connectivity index (χ4v) is 3.60. The monoisotopic (exact) mass is 411 g/mol. The Hall–Kier alpha value is -2.93. The first-order valence-corrected chi connectivity index (χ1v) is 9.92. The highest BCUT2D eigenvalue weighted by Gasteiger charge is 2.33. The van der Waals surface area contributed by atoms with Crippen LogP contribution in [0.15, 0.2) is 36.4 Å². The quantitative estimate of drug-likeness (QED) is 0.682. The Bertz CT molecular complexity index is 1050. The van der Waals surface area contributed by atoms with Crippen LogP contribution in [-0.2, 0) is 4.79 Å². The molecule has 4 rings (SSSR count). The van der Waals surface area contributed by atoms with Crippen molar-refractivity contribution in [3.05, 3.63) is 58.4 Å². The minimum absolute atomic E-state index is 0.0703. The summed E-state index contributed by atoms with van der Waals surface area (Å²) >= 11 is 5.85. The standard InChI is InChI=1S/C21H22ClN5O2/c1-12(2)11-29-15-6-4-5-14(9-15)16-10-19(28)23-21-20(16)13(3)26-27(21)18-8-7-17(22)24-25-18/h4-9,12,16H,10-11H2,1-3H3,(H,23,28)/t16-/m0/s1. The van der Waals surface area contributed by atoms with Crippen molar-refractivity contribution >= 4 is 23.3 Å². The predicted molar refractivity (Wildman–Crippen MR) is 111 cm³/mol. The fraction of sp³-hybridized carbons (Fsp3) is 0.333. The third kappa shape index (κ3) is 3.96. The van der Waals surface area contributed by atoms with Crippen LogP contribution in [0.1, 0.15) is 43.0 Å². The Morgan fingerprint density at radius 2 is 2.10 bits per heavy atom. The van der Waals surface area contributed by atoms with E-state index in [1.807, 2.05) is 31.2 Å². The lowest BCUT2D eigenvalue weighted by atomic mass is 9.86. The van der Waals surface area contributed by atoms with Crippen LogP contribution in [0.3, 0.4) is 0 Å². The fourth-order valence-electron chi connectivity index (χ4n) is 3.50. The highest BCUT2D eigenvalue weighted by Crippen LogP contribution is 2.40. The summed E-state index contributed by atoms with van der Waals surface area (Å²) in [5.74, 6) is 2.17. The zero-order valence-corrected chi connectivity index (χ0v) is 17.3. The van der Waals surface area contributed by atoms with Gasteiger partial charge in [0.05, 0.1) is 12.3 Å². The number of rotatable bonds is 5. The Balaban J connectivity index is 1.75. The lowest BCUT2D eigenvalue weighted by molar-refractivity contribution is -0.116. The molecule has 1 aliphatic rings. The third-order valence-corrected chi connectivity index (χ3v) is 4.98. The van der Waals surface area contributed by atoms with E-state index in [0.29, 0.717) is 35.7 Å². The van der Waals surface area contributed by atoms with Crippen molar-refractivity contribution in [2.75, 3.05) is 11.9 Å². The van der Waals surface area contributed by atoms with Crippen LogP contribution in [0.5, 0.6) is 5.75 Å². The Kier molecular flexibility index (Phi) is 5.24. The van der Waals surface area contributed by atoms with Crippen molar-refractivity contribution in [1.29, 1.82) is 0 Å². The summed E-state index contributed by atoms with van der Waals surface area (Å²) in [7, 11) is 0. The van der Waals surface area contributed by atoms with Crippen LogP contribution in [0.4, 0.5) is 5.82 Å². The number of fused-ring (bicyclic) bond motifs is 1. The maximum atomic E-state index is 12.5. The number of nitrogens with zero attached hydrogens (tertiary/aromatic N) is 4. The van der Waals surface area contributed by atoms with Crippen LogP contribution in [0, 0.1) is 12.8 Å². The van der Waals surface area contributed by atoms with E-state index in [2.05, 4.69) is 34.5 Å². The van der Waals surface area contributed by atoms with Gasteiger partial charge in [-0.1, -0.05) is 37.6 Å². The minimum atomic E-state index is -0.115. The highest BCUT2D eigenvalue weighted by atomic mass is 35.5. The molecule has 0 fully saturated rings. The molecule has 0 radical (unpaired) electrons. The number of carbonyl (C=O) groups excluding carboxylic acids is 1. The largest absolute Gasteiger partial charge is 0.493 e. The van der Waals surface area contributed by atoms with Crippen molar-refractivity contribution in [2.45, 2.75) is 33.1 Å². The Morgan fingerprint density at radius 1 is 1.28 bits per heavy atom. The molecule has 7 nitrogen and oxygen atoms in total. The van der Waals surface area contributed by atoms with Gasteiger partial charge in [-0.2, -0.15) is 9.78 Å². The number of aromatic nitrogens is 4. The lowest BCUT2D eigenvalue weighted by Gasteiger charge is -2.24. The van der Waals surface area contributed by atoms with Gasteiger partial charge in [0, 0.05) is 17.9 Å². The van der Waals surface area contributed by atoms with E-state index in [1.165, 1.54) is 0 Å². The number of ether oxygens (including phenoxy) is 1. The number of carbonyl (C=O) groups is 1. The summed E-state index contributed by atoms with van der Waals surface area (Å²) in [6, 6.07) is 11.3. The molecule has 8 heteroatoms. The molecule has 3 aromatic rings. The molecule has 150 valence electrons. The summed E-state index contributed by atoms with van der Waals surface area (Å²) in [5, 5.41) is 15.8. The van der Waals surface area contributed by atoms with Crippen molar-refractivity contribution < 1.29 is 9.53 Å². The van der Waals surface area contributed by atoms with E-state index in [0.717, 1.165) is 22.6 Å². The van der Waals surface area contributed by atoms with E-state index >= 15 is 0 Å². The Labute approximate surface area is 174 Å². The zero-order chi connectivity index (χ0) is 20.5. The van der Waals surface area contributed by atoms with Gasteiger partial charge >= 0.3 is 0 Å². The van der Waals surface area contributed by atoms with Crippen LogP contribution < -0.4 is 10.1 Å². The number of nitrogens with one attached hydrogen (secondary N) is 1. The molecular weight excluding hydrogens is 390 g/mol. The molecular formula is C21H22ClN5O2. The molecule has 3 heterocycles. The minimum Gasteiger partial charge on any atom is -0.493 e. The van der Waals surface area contributed by atoms with Crippen LogP contribution in [-0.4, -0.2) is 32.5 Å². The first kappa shape index (κ1) is 19.4. The average molecular weight is 412 g/mol. The summed E-state index contributed by atoms with van der Waals surface area (Å²) in [6.45, 7) is 6.80. The van der Waals surface area contributed by atoms with E-state index in [1.54, 1.807) is 16.8 Å². The molecule has 1 aliphatic heterocycles. The molecule has 0 saturated heterocycles. The maximum Gasteiger partial charge on any atom is 0.226 e. The van der Waals surface area contributed by atoms with Gasteiger partial charge in [-0.15, -0.1) is 10.2 Å². The van der Waals surface area contributed by atoms with E-state index in [-0.39, 0.29) is 11.8 Å². The molecule has 0 bridgehead atoms. The molecule has 1 atom stereocenters. The molecule has 1 aromatic carbocycles. The van der Waals surface area contributed by atoms with Crippen molar-refractivity contribution in [1.82, 2.24) is 20.0 Å². The summed E-state index contributed by atoms with van der Waals surface area (Å²) in [5.41, 5.74) is 2.82. The van der Waals surface area contributed by atoms with Gasteiger partial charge in [0.1, 0.15) is 11.6 Å². The second kappa shape index (κ2) is 7.83. The molecule has 0 saturated carbocycles. The summed E-state index contributed by atoms with van der Waals surface area (Å²) in [4.78, 5) is 12.5.